The van der Waals surface area contributed by atoms with E-state index in [1.807, 2.05) is 19.1 Å². The van der Waals surface area contributed by atoms with Crippen LogP contribution in [0, 0.1) is 6.92 Å². The number of nitrogens with zero attached hydrogens (tertiary/aromatic N) is 2. The zero-order valence-corrected chi connectivity index (χ0v) is 11.9. The van der Waals surface area contributed by atoms with Crippen LogP contribution >= 0.6 is 0 Å². The topological polar surface area (TPSA) is 79.8 Å². The maximum atomic E-state index is 12.3. The molecule has 0 spiro atoms. The van der Waals surface area contributed by atoms with Gasteiger partial charge in [0.2, 0.25) is 0 Å². The van der Waals surface area contributed by atoms with Crippen molar-refractivity contribution in [1.29, 1.82) is 0 Å². The van der Waals surface area contributed by atoms with Crippen LogP contribution in [0.2, 0.25) is 0 Å². The molecule has 2 aromatic heterocycles. The molecule has 20 heavy (non-hydrogen) atoms. The molecular formula is C13H14N4O2S. The van der Waals surface area contributed by atoms with Crippen LogP contribution in [0.4, 0.5) is 5.69 Å². The molecule has 2 heterocycles. The number of nitrogens with one attached hydrogen (secondary N) is 2. The molecule has 1 aromatic carbocycles. The van der Waals surface area contributed by atoms with Crippen LogP contribution in [0.15, 0.2) is 41.7 Å². The molecule has 0 radical (unpaired) electrons. The van der Waals surface area contributed by atoms with E-state index < -0.39 is 10.0 Å². The van der Waals surface area contributed by atoms with Gasteiger partial charge in [0, 0.05) is 24.8 Å². The molecule has 0 aliphatic rings. The summed E-state index contributed by atoms with van der Waals surface area (Å²) in [6.45, 7) is 1.98. The summed E-state index contributed by atoms with van der Waals surface area (Å²) >= 11 is 0. The van der Waals surface area contributed by atoms with Crippen molar-refractivity contribution < 1.29 is 8.42 Å². The summed E-state index contributed by atoms with van der Waals surface area (Å²) in [5, 5.41) is 4.88. The summed E-state index contributed by atoms with van der Waals surface area (Å²) in [4.78, 5) is 3.20. The van der Waals surface area contributed by atoms with Gasteiger partial charge in [-0.2, -0.15) is 5.10 Å². The highest BCUT2D eigenvalue weighted by Crippen LogP contribution is 2.27. The van der Waals surface area contributed by atoms with Crippen LogP contribution in [0.3, 0.4) is 0 Å². The largest absolute Gasteiger partial charge is 0.359 e. The number of aromatic nitrogens is 3. The number of aromatic amines is 1. The Kier molecular flexibility index (Phi) is 2.79. The van der Waals surface area contributed by atoms with Crippen molar-refractivity contribution in [3.8, 4) is 0 Å². The molecule has 6 nitrogen and oxygen atoms in total. The summed E-state index contributed by atoms with van der Waals surface area (Å²) in [6, 6.07) is 5.56. The Morgan fingerprint density at radius 2 is 2.10 bits per heavy atom. The predicted molar refractivity (Wildman–Crippen MR) is 77.1 cm³/mol. The van der Waals surface area contributed by atoms with Gasteiger partial charge in [-0.05, 0) is 24.6 Å². The van der Waals surface area contributed by atoms with E-state index in [4.69, 9.17) is 0 Å². The van der Waals surface area contributed by atoms with E-state index in [9.17, 15) is 8.42 Å². The fraction of sp³-hybridized carbons (Fsp3) is 0.154. The second-order valence-corrected chi connectivity index (χ2v) is 6.33. The van der Waals surface area contributed by atoms with Crippen molar-refractivity contribution in [3.63, 3.8) is 0 Å². The van der Waals surface area contributed by atoms with E-state index in [1.54, 1.807) is 19.3 Å². The SMILES string of the molecule is Cc1ccc(NS(=O)(=O)c2cnn(C)c2)c2[nH]ccc12. The molecule has 0 atom stereocenters. The van der Waals surface area contributed by atoms with E-state index in [0.29, 0.717) is 5.69 Å². The molecule has 2 N–H and O–H groups in total. The van der Waals surface area contributed by atoms with E-state index in [-0.39, 0.29) is 4.90 Å². The number of hydrogen-bond acceptors (Lipinski definition) is 3. The minimum Gasteiger partial charge on any atom is -0.359 e. The maximum absolute atomic E-state index is 12.3. The Labute approximate surface area is 116 Å². The number of anilines is 1. The van der Waals surface area contributed by atoms with Gasteiger partial charge < -0.3 is 4.98 Å². The van der Waals surface area contributed by atoms with Crippen molar-refractivity contribution in [2.75, 3.05) is 4.72 Å². The van der Waals surface area contributed by atoms with Crippen molar-refractivity contribution in [1.82, 2.24) is 14.8 Å². The summed E-state index contributed by atoms with van der Waals surface area (Å²) < 4.78 is 28.6. The molecule has 0 amide bonds. The second-order valence-electron chi connectivity index (χ2n) is 4.65. The number of aryl methyl sites for hydroxylation is 2. The van der Waals surface area contributed by atoms with Crippen molar-refractivity contribution in [2.45, 2.75) is 11.8 Å². The molecule has 3 rings (SSSR count). The third-order valence-electron chi connectivity index (χ3n) is 3.18. The summed E-state index contributed by atoms with van der Waals surface area (Å²) in [5.74, 6) is 0. The van der Waals surface area contributed by atoms with E-state index in [1.165, 1.54) is 17.1 Å². The summed E-state index contributed by atoms with van der Waals surface area (Å²) in [6.07, 6.45) is 4.57. The fourth-order valence-corrected chi connectivity index (χ4v) is 3.18. The Morgan fingerprint density at radius 1 is 1.30 bits per heavy atom. The van der Waals surface area contributed by atoms with Gasteiger partial charge in [-0.3, -0.25) is 9.40 Å². The molecular weight excluding hydrogens is 276 g/mol. The standard InChI is InChI=1S/C13H14N4O2S/c1-9-3-4-12(13-11(9)5-6-14-13)16-20(18,19)10-7-15-17(2)8-10/h3-8,14,16H,1-2H3. The van der Waals surface area contributed by atoms with Crippen LogP contribution in [0.5, 0.6) is 0 Å². The second kappa shape index (κ2) is 4.38. The van der Waals surface area contributed by atoms with Crippen molar-refractivity contribution in [3.05, 3.63) is 42.4 Å². The van der Waals surface area contributed by atoms with Crippen molar-refractivity contribution >= 4 is 26.6 Å². The number of hydrogen-bond donors (Lipinski definition) is 2. The molecule has 0 saturated heterocycles. The van der Waals surface area contributed by atoms with Crippen LogP contribution < -0.4 is 4.72 Å². The van der Waals surface area contributed by atoms with Gasteiger partial charge in [0.15, 0.2) is 0 Å². The van der Waals surface area contributed by atoms with Crippen LogP contribution in [-0.4, -0.2) is 23.2 Å². The lowest BCUT2D eigenvalue weighted by Gasteiger charge is -2.08. The van der Waals surface area contributed by atoms with Crippen molar-refractivity contribution in [2.24, 2.45) is 7.05 Å². The van der Waals surface area contributed by atoms with Gasteiger partial charge in [0.05, 0.1) is 17.4 Å². The molecule has 0 saturated carbocycles. The zero-order valence-electron chi connectivity index (χ0n) is 11.1. The normalized spacial score (nSPS) is 11.9. The molecule has 0 fully saturated rings. The molecule has 104 valence electrons. The molecule has 0 aliphatic heterocycles. The van der Waals surface area contributed by atoms with Gasteiger partial charge >= 0.3 is 0 Å². The minimum atomic E-state index is -3.63. The number of H-pyrrole nitrogens is 1. The number of fused-ring (bicyclic) bond motifs is 1. The monoisotopic (exact) mass is 290 g/mol. The first-order valence-electron chi connectivity index (χ1n) is 6.05. The smallest absolute Gasteiger partial charge is 0.265 e. The maximum Gasteiger partial charge on any atom is 0.265 e. The lowest BCUT2D eigenvalue weighted by Crippen LogP contribution is -2.12. The van der Waals surface area contributed by atoms with Crippen LogP contribution in [-0.2, 0) is 17.1 Å². The Balaban J connectivity index is 2.05. The van der Waals surface area contributed by atoms with Gasteiger partial charge in [0.25, 0.3) is 10.0 Å². The molecule has 0 bridgehead atoms. The highest BCUT2D eigenvalue weighted by molar-refractivity contribution is 7.92. The Bertz CT molecular complexity index is 877. The van der Waals surface area contributed by atoms with Gasteiger partial charge in [-0.25, -0.2) is 8.42 Å². The van der Waals surface area contributed by atoms with E-state index in [0.717, 1.165) is 16.5 Å². The first-order chi connectivity index (χ1) is 9.47. The van der Waals surface area contributed by atoms with Crippen LogP contribution in [0.25, 0.3) is 10.9 Å². The third kappa shape index (κ3) is 2.05. The lowest BCUT2D eigenvalue weighted by atomic mass is 10.1. The Hall–Kier alpha value is -2.28. The van der Waals surface area contributed by atoms with Gasteiger partial charge in [-0.1, -0.05) is 6.07 Å². The molecule has 0 aliphatic carbocycles. The van der Waals surface area contributed by atoms with Gasteiger partial charge in [0.1, 0.15) is 4.90 Å². The molecule has 7 heteroatoms. The number of rotatable bonds is 3. The quantitative estimate of drug-likeness (QED) is 0.774. The molecule has 0 unspecified atom stereocenters. The number of benzene rings is 1. The van der Waals surface area contributed by atoms with Gasteiger partial charge in [-0.15, -0.1) is 0 Å². The highest BCUT2D eigenvalue weighted by Gasteiger charge is 2.17. The minimum absolute atomic E-state index is 0.139. The van der Waals surface area contributed by atoms with E-state index >= 15 is 0 Å². The summed E-state index contributed by atoms with van der Waals surface area (Å²) in [7, 11) is -1.95. The zero-order chi connectivity index (χ0) is 14.3. The first-order valence-corrected chi connectivity index (χ1v) is 7.54. The first kappa shape index (κ1) is 12.7. The average molecular weight is 290 g/mol. The highest BCUT2D eigenvalue weighted by atomic mass is 32.2. The lowest BCUT2D eigenvalue weighted by molar-refractivity contribution is 0.601. The third-order valence-corrected chi connectivity index (χ3v) is 4.50. The predicted octanol–water partition coefficient (Wildman–Crippen LogP) is 2.01. The number of sulfonamides is 1. The Morgan fingerprint density at radius 3 is 2.80 bits per heavy atom. The average Bonchev–Trinajstić information content (AvgIpc) is 3.01. The molecule has 3 aromatic rings. The summed E-state index contributed by atoms with van der Waals surface area (Å²) in [5.41, 5.74) is 2.39. The fourth-order valence-electron chi connectivity index (χ4n) is 2.13. The van der Waals surface area contributed by atoms with E-state index in [2.05, 4.69) is 14.8 Å². The van der Waals surface area contributed by atoms with Crippen LogP contribution in [0.1, 0.15) is 5.56 Å².